The van der Waals surface area contributed by atoms with Crippen molar-refractivity contribution in [2.75, 3.05) is 0 Å². The predicted octanol–water partition coefficient (Wildman–Crippen LogP) is 1.56. The SMILES string of the molecule is O=c1[nH]nnc2ccc(C=C(F)F)cc12. The summed E-state index contributed by atoms with van der Waals surface area (Å²) < 4.78 is 23.9. The van der Waals surface area contributed by atoms with Crippen LogP contribution in [0.3, 0.4) is 0 Å². The van der Waals surface area contributed by atoms with Gasteiger partial charge in [0.1, 0.15) is 5.52 Å². The summed E-state index contributed by atoms with van der Waals surface area (Å²) in [6, 6.07) is 4.24. The molecule has 0 bridgehead atoms. The van der Waals surface area contributed by atoms with E-state index in [9.17, 15) is 13.6 Å². The van der Waals surface area contributed by atoms with Crippen molar-refractivity contribution in [1.29, 1.82) is 0 Å². The van der Waals surface area contributed by atoms with Gasteiger partial charge in [-0.1, -0.05) is 11.3 Å². The van der Waals surface area contributed by atoms with Crippen LogP contribution in [0.25, 0.3) is 17.0 Å². The Labute approximate surface area is 82.2 Å². The molecule has 0 unspecified atom stereocenters. The molecule has 2 aromatic rings. The van der Waals surface area contributed by atoms with Crippen molar-refractivity contribution in [2.24, 2.45) is 0 Å². The van der Waals surface area contributed by atoms with Gasteiger partial charge >= 0.3 is 0 Å². The Morgan fingerprint density at radius 3 is 2.93 bits per heavy atom. The molecule has 6 heteroatoms. The lowest BCUT2D eigenvalue weighted by Gasteiger charge is -1.95. The fourth-order valence-electron chi connectivity index (χ4n) is 1.22. The van der Waals surface area contributed by atoms with Gasteiger partial charge < -0.3 is 0 Å². The van der Waals surface area contributed by atoms with Crippen LogP contribution in [0.15, 0.2) is 29.1 Å². The minimum Gasteiger partial charge on any atom is -0.267 e. The van der Waals surface area contributed by atoms with Crippen molar-refractivity contribution in [3.05, 3.63) is 40.2 Å². The zero-order valence-electron chi connectivity index (χ0n) is 7.37. The lowest BCUT2D eigenvalue weighted by Crippen LogP contribution is -2.09. The number of H-pyrrole nitrogens is 1. The minimum atomic E-state index is -1.81. The number of nitrogens with zero attached hydrogens (tertiary/aromatic N) is 2. The third kappa shape index (κ3) is 1.88. The number of halogens is 2. The fourth-order valence-corrected chi connectivity index (χ4v) is 1.22. The number of rotatable bonds is 1. The van der Waals surface area contributed by atoms with Gasteiger partial charge in [-0.15, -0.1) is 5.10 Å². The summed E-state index contributed by atoms with van der Waals surface area (Å²) in [5, 5.41) is 9.37. The molecule has 1 aromatic carbocycles. The summed E-state index contributed by atoms with van der Waals surface area (Å²) in [4.78, 5) is 11.3. The van der Waals surface area contributed by atoms with Crippen molar-refractivity contribution in [3.63, 3.8) is 0 Å². The molecule has 2 rings (SSSR count). The average molecular weight is 209 g/mol. The maximum atomic E-state index is 12.0. The molecule has 15 heavy (non-hydrogen) atoms. The van der Waals surface area contributed by atoms with E-state index in [-0.39, 0.29) is 10.9 Å². The molecule has 0 saturated heterocycles. The van der Waals surface area contributed by atoms with E-state index in [0.29, 0.717) is 11.6 Å². The fraction of sp³-hybridized carbons (Fsp3) is 0. The van der Waals surface area contributed by atoms with Gasteiger partial charge in [-0.2, -0.15) is 8.78 Å². The number of benzene rings is 1. The molecule has 0 saturated carbocycles. The van der Waals surface area contributed by atoms with Gasteiger partial charge in [0.05, 0.1) is 5.39 Å². The Hall–Kier alpha value is -2.11. The van der Waals surface area contributed by atoms with Gasteiger partial charge in [0.2, 0.25) is 0 Å². The predicted molar refractivity (Wildman–Crippen MR) is 50.4 cm³/mol. The van der Waals surface area contributed by atoms with Crippen LogP contribution in [0.1, 0.15) is 5.56 Å². The molecular formula is C9H5F2N3O. The van der Waals surface area contributed by atoms with E-state index in [4.69, 9.17) is 0 Å². The van der Waals surface area contributed by atoms with Crippen LogP contribution in [0.5, 0.6) is 0 Å². The largest absolute Gasteiger partial charge is 0.275 e. The van der Waals surface area contributed by atoms with Crippen molar-refractivity contribution in [2.45, 2.75) is 0 Å². The minimum absolute atomic E-state index is 0.236. The highest BCUT2D eigenvalue weighted by molar-refractivity contribution is 5.79. The molecule has 0 radical (unpaired) electrons. The molecule has 76 valence electrons. The Balaban J connectivity index is 2.70. The highest BCUT2D eigenvalue weighted by atomic mass is 19.3. The Bertz CT molecular complexity index is 587. The molecule has 0 amide bonds. The summed E-state index contributed by atoms with van der Waals surface area (Å²) in [5.41, 5.74) is 0.172. The van der Waals surface area contributed by atoms with E-state index in [1.807, 2.05) is 0 Å². The van der Waals surface area contributed by atoms with Gasteiger partial charge in [0, 0.05) is 6.08 Å². The van der Waals surface area contributed by atoms with Crippen LogP contribution in [0, 0.1) is 0 Å². The van der Waals surface area contributed by atoms with Crippen molar-refractivity contribution < 1.29 is 8.78 Å². The zero-order valence-corrected chi connectivity index (χ0v) is 7.37. The number of aromatic amines is 1. The van der Waals surface area contributed by atoms with Crippen molar-refractivity contribution in [3.8, 4) is 0 Å². The molecule has 0 aliphatic heterocycles. The van der Waals surface area contributed by atoms with Gasteiger partial charge in [-0.3, -0.25) is 4.79 Å². The van der Waals surface area contributed by atoms with E-state index in [0.717, 1.165) is 0 Å². The second-order valence-electron chi connectivity index (χ2n) is 2.85. The number of fused-ring (bicyclic) bond motifs is 1. The van der Waals surface area contributed by atoms with Gasteiger partial charge in [0.25, 0.3) is 11.6 Å². The molecule has 1 N–H and O–H groups in total. The highest BCUT2D eigenvalue weighted by Crippen LogP contribution is 2.13. The Kier molecular flexibility index (Phi) is 2.24. The molecule has 1 heterocycles. The molecule has 4 nitrogen and oxygen atoms in total. The number of hydrogen-bond donors (Lipinski definition) is 1. The summed E-state index contributed by atoms with van der Waals surface area (Å²) in [5.74, 6) is 0. The van der Waals surface area contributed by atoms with Gasteiger partial charge in [-0.05, 0) is 17.7 Å². The second kappa shape index (κ2) is 3.56. The first kappa shape index (κ1) is 9.45. The average Bonchev–Trinajstić information content (AvgIpc) is 2.18. The monoisotopic (exact) mass is 209 g/mol. The van der Waals surface area contributed by atoms with E-state index in [1.54, 1.807) is 0 Å². The number of aromatic nitrogens is 3. The number of nitrogens with one attached hydrogen (secondary N) is 1. The molecule has 0 spiro atoms. The van der Waals surface area contributed by atoms with Gasteiger partial charge in [-0.25, -0.2) is 5.10 Å². The van der Waals surface area contributed by atoms with Crippen LogP contribution in [0.2, 0.25) is 0 Å². The molecule has 0 atom stereocenters. The second-order valence-corrected chi connectivity index (χ2v) is 2.85. The third-order valence-corrected chi connectivity index (χ3v) is 1.85. The van der Waals surface area contributed by atoms with Crippen molar-refractivity contribution >= 4 is 17.0 Å². The third-order valence-electron chi connectivity index (χ3n) is 1.85. The van der Waals surface area contributed by atoms with E-state index < -0.39 is 11.6 Å². The summed E-state index contributed by atoms with van der Waals surface area (Å²) in [6.45, 7) is 0. The van der Waals surface area contributed by atoms with Crippen molar-refractivity contribution in [1.82, 2.24) is 15.4 Å². The van der Waals surface area contributed by atoms with Crippen LogP contribution in [-0.4, -0.2) is 15.4 Å². The van der Waals surface area contributed by atoms with Crippen LogP contribution in [-0.2, 0) is 0 Å². The molecular weight excluding hydrogens is 204 g/mol. The van der Waals surface area contributed by atoms with Crippen LogP contribution in [0.4, 0.5) is 8.78 Å². The standard InChI is InChI=1S/C9H5F2N3O/c10-8(11)4-5-1-2-7-6(3-5)9(15)13-14-12-7/h1-4H,(H,12,13,15). The van der Waals surface area contributed by atoms with Crippen LogP contribution >= 0.6 is 0 Å². The quantitative estimate of drug-likeness (QED) is 0.775. The first-order chi connectivity index (χ1) is 7.16. The van der Waals surface area contributed by atoms with E-state index in [1.165, 1.54) is 18.2 Å². The summed E-state index contributed by atoms with van der Waals surface area (Å²) in [6.07, 6.45) is -1.13. The van der Waals surface area contributed by atoms with Crippen LogP contribution < -0.4 is 5.56 Å². The number of hydrogen-bond acceptors (Lipinski definition) is 3. The molecule has 0 aliphatic rings. The molecule has 1 aromatic heterocycles. The topological polar surface area (TPSA) is 58.6 Å². The first-order valence-corrected chi connectivity index (χ1v) is 4.04. The van der Waals surface area contributed by atoms with Gasteiger partial charge in [0.15, 0.2) is 0 Å². The summed E-state index contributed by atoms with van der Waals surface area (Å²) in [7, 11) is 0. The molecule has 0 aliphatic carbocycles. The Morgan fingerprint density at radius 1 is 1.40 bits per heavy atom. The smallest absolute Gasteiger partial charge is 0.267 e. The maximum absolute atomic E-state index is 12.0. The first-order valence-electron chi connectivity index (χ1n) is 4.04. The zero-order chi connectivity index (χ0) is 10.8. The van der Waals surface area contributed by atoms with E-state index in [2.05, 4.69) is 15.4 Å². The summed E-state index contributed by atoms with van der Waals surface area (Å²) >= 11 is 0. The normalized spacial score (nSPS) is 10.3. The lowest BCUT2D eigenvalue weighted by atomic mass is 10.1. The van der Waals surface area contributed by atoms with E-state index >= 15 is 0 Å². The lowest BCUT2D eigenvalue weighted by molar-refractivity contribution is 0.429. The Morgan fingerprint density at radius 2 is 2.20 bits per heavy atom. The highest BCUT2D eigenvalue weighted by Gasteiger charge is 2.01. The maximum Gasteiger partial charge on any atom is 0.275 e. The molecule has 0 fully saturated rings.